The van der Waals surface area contributed by atoms with Gasteiger partial charge >= 0.3 is 5.97 Å². The van der Waals surface area contributed by atoms with Crippen molar-refractivity contribution in [2.45, 2.75) is 19.4 Å². The standard InChI is InChI=1S/C12H12BrNO2/c1-3-4-8(2)14-9-5-6-10(12(15)16)11(13)7-9/h1,5-8,14H,4H2,2H3,(H,15,16). The zero-order valence-corrected chi connectivity index (χ0v) is 10.4. The van der Waals surface area contributed by atoms with Crippen LogP contribution in [0.2, 0.25) is 0 Å². The van der Waals surface area contributed by atoms with Gasteiger partial charge in [-0.05, 0) is 41.1 Å². The van der Waals surface area contributed by atoms with E-state index in [0.717, 1.165) is 5.69 Å². The first-order valence-electron chi connectivity index (χ1n) is 4.77. The van der Waals surface area contributed by atoms with Crippen LogP contribution in [0.25, 0.3) is 0 Å². The third-order valence-electron chi connectivity index (χ3n) is 2.04. The molecule has 1 rings (SSSR count). The molecule has 0 heterocycles. The van der Waals surface area contributed by atoms with E-state index in [1.54, 1.807) is 18.2 Å². The second-order valence-corrected chi connectivity index (χ2v) is 4.31. The molecule has 16 heavy (non-hydrogen) atoms. The smallest absolute Gasteiger partial charge is 0.336 e. The molecular formula is C12H12BrNO2. The summed E-state index contributed by atoms with van der Waals surface area (Å²) in [5.41, 5.74) is 1.09. The Bertz CT molecular complexity index is 437. The van der Waals surface area contributed by atoms with Crippen molar-refractivity contribution in [2.75, 3.05) is 5.32 Å². The van der Waals surface area contributed by atoms with Gasteiger partial charge in [-0.2, -0.15) is 0 Å². The van der Waals surface area contributed by atoms with Crippen LogP contribution < -0.4 is 5.32 Å². The summed E-state index contributed by atoms with van der Waals surface area (Å²) < 4.78 is 0.554. The SMILES string of the molecule is C#CCC(C)Nc1ccc(C(=O)O)c(Br)c1. The number of terminal acetylenes is 1. The van der Waals surface area contributed by atoms with Crippen molar-refractivity contribution >= 4 is 27.6 Å². The highest BCUT2D eigenvalue weighted by molar-refractivity contribution is 9.10. The molecule has 84 valence electrons. The Labute approximate surface area is 103 Å². The lowest BCUT2D eigenvalue weighted by Crippen LogP contribution is -2.14. The molecule has 0 aliphatic rings. The Morgan fingerprint density at radius 3 is 2.88 bits per heavy atom. The maximum Gasteiger partial charge on any atom is 0.336 e. The Kier molecular flexibility index (Phi) is 4.39. The van der Waals surface area contributed by atoms with E-state index in [1.807, 2.05) is 6.92 Å². The topological polar surface area (TPSA) is 49.3 Å². The number of aromatic carboxylic acids is 1. The van der Waals surface area contributed by atoms with Gasteiger partial charge in [-0.3, -0.25) is 0 Å². The minimum Gasteiger partial charge on any atom is -0.478 e. The van der Waals surface area contributed by atoms with E-state index in [0.29, 0.717) is 10.9 Å². The zero-order chi connectivity index (χ0) is 12.1. The molecule has 0 saturated heterocycles. The van der Waals surface area contributed by atoms with E-state index in [4.69, 9.17) is 11.5 Å². The van der Waals surface area contributed by atoms with Crippen LogP contribution in [0, 0.1) is 12.3 Å². The van der Waals surface area contributed by atoms with Crippen LogP contribution in [0.1, 0.15) is 23.7 Å². The van der Waals surface area contributed by atoms with Gasteiger partial charge in [-0.25, -0.2) is 4.79 Å². The molecule has 0 saturated carbocycles. The third kappa shape index (κ3) is 3.28. The van der Waals surface area contributed by atoms with E-state index >= 15 is 0 Å². The highest BCUT2D eigenvalue weighted by atomic mass is 79.9. The highest BCUT2D eigenvalue weighted by Crippen LogP contribution is 2.22. The van der Waals surface area contributed by atoms with Crippen molar-refractivity contribution in [2.24, 2.45) is 0 Å². The molecule has 1 aromatic carbocycles. The summed E-state index contributed by atoms with van der Waals surface area (Å²) in [6.45, 7) is 1.97. The average Bonchev–Trinajstić information content (AvgIpc) is 2.17. The quantitative estimate of drug-likeness (QED) is 0.835. The molecule has 0 aliphatic carbocycles. The van der Waals surface area contributed by atoms with E-state index in [2.05, 4.69) is 27.2 Å². The maximum absolute atomic E-state index is 10.8. The van der Waals surface area contributed by atoms with Gasteiger partial charge in [0.2, 0.25) is 0 Å². The Hall–Kier alpha value is -1.47. The molecule has 0 bridgehead atoms. The first-order chi connectivity index (χ1) is 7.54. The van der Waals surface area contributed by atoms with Crippen LogP contribution in [0.4, 0.5) is 5.69 Å². The van der Waals surface area contributed by atoms with Crippen molar-refractivity contribution in [3.8, 4) is 12.3 Å². The Morgan fingerprint density at radius 2 is 2.38 bits per heavy atom. The molecule has 0 aromatic heterocycles. The van der Waals surface area contributed by atoms with Crippen molar-refractivity contribution in [3.63, 3.8) is 0 Å². The molecule has 1 aromatic rings. The van der Waals surface area contributed by atoms with Gasteiger partial charge in [0.25, 0.3) is 0 Å². The van der Waals surface area contributed by atoms with Gasteiger partial charge in [0, 0.05) is 22.6 Å². The number of anilines is 1. The molecule has 1 unspecified atom stereocenters. The van der Waals surface area contributed by atoms with Crippen LogP contribution in [-0.2, 0) is 0 Å². The molecule has 4 heteroatoms. The van der Waals surface area contributed by atoms with Gasteiger partial charge in [-0.15, -0.1) is 12.3 Å². The lowest BCUT2D eigenvalue weighted by Gasteiger charge is -2.13. The number of hydrogen-bond donors (Lipinski definition) is 2. The molecule has 1 atom stereocenters. The summed E-state index contributed by atoms with van der Waals surface area (Å²) >= 11 is 3.22. The fourth-order valence-corrected chi connectivity index (χ4v) is 1.84. The van der Waals surface area contributed by atoms with Crippen molar-refractivity contribution in [3.05, 3.63) is 28.2 Å². The van der Waals surface area contributed by atoms with Crippen LogP contribution in [-0.4, -0.2) is 17.1 Å². The summed E-state index contributed by atoms with van der Waals surface area (Å²) in [6.07, 6.45) is 5.82. The minimum absolute atomic E-state index is 0.160. The van der Waals surface area contributed by atoms with Crippen LogP contribution in [0.15, 0.2) is 22.7 Å². The molecule has 3 nitrogen and oxygen atoms in total. The minimum atomic E-state index is -0.949. The van der Waals surface area contributed by atoms with Gasteiger partial charge < -0.3 is 10.4 Å². The largest absolute Gasteiger partial charge is 0.478 e. The number of nitrogens with one attached hydrogen (secondary N) is 1. The number of benzene rings is 1. The first kappa shape index (κ1) is 12.6. The third-order valence-corrected chi connectivity index (χ3v) is 2.69. The molecule has 0 fully saturated rings. The summed E-state index contributed by atoms with van der Waals surface area (Å²) in [5, 5.41) is 12.0. The van der Waals surface area contributed by atoms with Crippen LogP contribution in [0.3, 0.4) is 0 Å². The lowest BCUT2D eigenvalue weighted by molar-refractivity contribution is 0.0696. The maximum atomic E-state index is 10.8. The number of rotatable bonds is 4. The second-order valence-electron chi connectivity index (χ2n) is 3.45. The molecule has 0 radical (unpaired) electrons. The molecule has 0 amide bonds. The monoisotopic (exact) mass is 281 g/mol. The van der Waals surface area contributed by atoms with Crippen molar-refractivity contribution < 1.29 is 9.90 Å². The lowest BCUT2D eigenvalue weighted by atomic mass is 10.2. The van der Waals surface area contributed by atoms with E-state index in [1.165, 1.54) is 0 Å². The molecule has 2 N–H and O–H groups in total. The number of carboxylic acid groups (broad SMARTS) is 1. The fourth-order valence-electron chi connectivity index (χ4n) is 1.29. The Balaban J connectivity index is 2.82. The first-order valence-corrected chi connectivity index (χ1v) is 5.56. The molecular weight excluding hydrogens is 270 g/mol. The van der Waals surface area contributed by atoms with E-state index < -0.39 is 5.97 Å². The average molecular weight is 282 g/mol. The highest BCUT2D eigenvalue weighted by Gasteiger charge is 2.09. The predicted molar refractivity (Wildman–Crippen MR) is 67.6 cm³/mol. The number of halogens is 1. The number of hydrogen-bond acceptors (Lipinski definition) is 2. The van der Waals surface area contributed by atoms with Crippen LogP contribution >= 0.6 is 15.9 Å². The normalized spacial score (nSPS) is 11.6. The summed E-state index contributed by atoms with van der Waals surface area (Å²) in [5.74, 6) is 1.61. The second kappa shape index (κ2) is 5.57. The van der Waals surface area contributed by atoms with Crippen LogP contribution in [0.5, 0.6) is 0 Å². The zero-order valence-electron chi connectivity index (χ0n) is 8.83. The number of carbonyl (C=O) groups is 1. The molecule has 0 aliphatic heterocycles. The van der Waals surface area contributed by atoms with E-state index in [9.17, 15) is 4.79 Å². The van der Waals surface area contributed by atoms with Crippen molar-refractivity contribution in [1.82, 2.24) is 0 Å². The summed E-state index contributed by atoms with van der Waals surface area (Å²) in [7, 11) is 0. The molecule has 0 spiro atoms. The van der Waals surface area contributed by atoms with Gasteiger partial charge in [0.1, 0.15) is 0 Å². The van der Waals surface area contributed by atoms with Crippen molar-refractivity contribution in [1.29, 1.82) is 0 Å². The Morgan fingerprint density at radius 1 is 1.69 bits per heavy atom. The predicted octanol–water partition coefficient (Wildman–Crippen LogP) is 2.97. The van der Waals surface area contributed by atoms with Gasteiger partial charge in [0.15, 0.2) is 0 Å². The number of carboxylic acids is 1. The fraction of sp³-hybridized carbons (Fsp3) is 0.250. The van der Waals surface area contributed by atoms with E-state index in [-0.39, 0.29) is 11.6 Å². The van der Waals surface area contributed by atoms with Gasteiger partial charge in [-0.1, -0.05) is 0 Å². The summed E-state index contributed by atoms with van der Waals surface area (Å²) in [4.78, 5) is 10.8. The van der Waals surface area contributed by atoms with Gasteiger partial charge in [0.05, 0.1) is 5.56 Å². The summed E-state index contributed by atoms with van der Waals surface area (Å²) in [6, 6.07) is 5.17.